The Morgan fingerprint density at radius 2 is 1.94 bits per heavy atom. The molecule has 6 heteroatoms. The molecular weight excluding hydrogens is 219 g/mol. The van der Waals surface area contributed by atoms with Gasteiger partial charge in [-0.3, -0.25) is 10.2 Å². The maximum absolute atomic E-state index is 12.0. The standard InChI is InChI=1S/C10H18F3N3/c1-4-15-9(2,7-14)5-6-16(3)8-10(11,12)13/h15H,4-6,8H2,1-3H3. The Kier molecular flexibility index (Phi) is 5.76. The minimum absolute atomic E-state index is 0.233. The zero-order chi connectivity index (χ0) is 12.8. The lowest BCUT2D eigenvalue weighted by molar-refractivity contribution is -0.143. The number of nitrogens with zero attached hydrogens (tertiary/aromatic N) is 2. The second-order valence-electron chi connectivity index (χ2n) is 4.08. The normalized spacial score (nSPS) is 15.9. The van der Waals surface area contributed by atoms with E-state index in [1.54, 1.807) is 6.92 Å². The van der Waals surface area contributed by atoms with Crippen LogP contribution in [0.3, 0.4) is 0 Å². The summed E-state index contributed by atoms with van der Waals surface area (Å²) in [7, 11) is 1.40. The van der Waals surface area contributed by atoms with Crippen LogP contribution in [-0.4, -0.2) is 43.3 Å². The average Bonchev–Trinajstić information content (AvgIpc) is 2.13. The quantitative estimate of drug-likeness (QED) is 0.765. The molecule has 0 amide bonds. The molecular formula is C10H18F3N3. The van der Waals surface area contributed by atoms with Crippen molar-refractivity contribution in [3.05, 3.63) is 0 Å². The molecule has 0 rings (SSSR count). The van der Waals surface area contributed by atoms with Crippen molar-refractivity contribution in [3.8, 4) is 6.07 Å². The van der Waals surface area contributed by atoms with Gasteiger partial charge in [-0.05, 0) is 26.9 Å². The van der Waals surface area contributed by atoms with E-state index in [1.807, 2.05) is 6.92 Å². The number of hydrogen-bond donors (Lipinski definition) is 1. The lowest BCUT2D eigenvalue weighted by atomic mass is 10.00. The molecule has 16 heavy (non-hydrogen) atoms. The summed E-state index contributed by atoms with van der Waals surface area (Å²) in [6.45, 7) is 3.46. The highest BCUT2D eigenvalue weighted by atomic mass is 19.4. The van der Waals surface area contributed by atoms with Crippen molar-refractivity contribution in [3.63, 3.8) is 0 Å². The molecule has 0 aromatic heterocycles. The SMILES string of the molecule is CCNC(C)(C#N)CCN(C)CC(F)(F)F. The van der Waals surface area contributed by atoms with Crippen LogP contribution in [0.5, 0.6) is 0 Å². The lowest BCUT2D eigenvalue weighted by Gasteiger charge is -2.26. The van der Waals surface area contributed by atoms with Crippen molar-refractivity contribution in [2.75, 3.05) is 26.7 Å². The van der Waals surface area contributed by atoms with Crippen molar-refractivity contribution in [2.45, 2.75) is 32.0 Å². The molecule has 0 aliphatic carbocycles. The van der Waals surface area contributed by atoms with Crippen molar-refractivity contribution < 1.29 is 13.2 Å². The van der Waals surface area contributed by atoms with Crippen LogP contribution in [0.4, 0.5) is 13.2 Å². The number of alkyl halides is 3. The summed E-state index contributed by atoms with van der Waals surface area (Å²) in [5.41, 5.74) is -0.755. The number of halogens is 3. The molecule has 0 bridgehead atoms. The second-order valence-corrected chi connectivity index (χ2v) is 4.08. The maximum atomic E-state index is 12.0. The molecule has 0 saturated heterocycles. The smallest absolute Gasteiger partial charge is 0.300 e. The van der Waals surface area contributed by atoms with E-state index in [0.717, 1.165) is 0 Å². The predicted octanol–water partition coefficient (Wildman–Crippen LogP) is 1.76. The van der Waals surface area contributed by atoms with E-state index < -0.39 is 18.3 Å². The number of nitrogens with one attached hydrogen (secondary N) is 1. The van der Waals surface area contributed by atoms with Crippen LogP contribution in [-0.2, 0) is 0 Å². The molecule has 0 heterocycles. The fourth-order valence-corrected chi connectivity index (χ4v) is 1.37. The zero-order valence-electron chi connectivity index (χ0n) is 9.86. The summed E-state index contributed by atoms with van der Waals surface area (Å²) in [6, 6.07) is 2.08. The van der Waals surface area contributed by atoms with Crippen LogP contribution in [0.15, 0.2) is 0 Å². The van der Waals surface area contributed by atoms with Crippen LogP contribution in [0.25, 0.3) is 0 Å². The average molecular weight is 237 g/mol. The van der Waals surface area contributed by atoms with Gasteiger partial charge in [0.25, 0.3) is 0 Å². The molecule has 1 unspecified atom stereocenters. The highest BCUT2D eigenvalue weighted by Gasteiger charge is 2.30. The first-order valence-electron chi connectivity index (χ1n) is 5.14. The van der Waals surface area contributed by atoms with Crippen LogP contribution < -0.4 is 5.32 Å². The van der Waals surface area contributed by atoms with Crippen molar-refractivity contribution in [1.82, 2.24) is 10.2 Å². The molecule has 94 valence electrons. The van der Waals surface area contributed by atoms with Gasteiger partial charge in [0.1, 0.15) is 5.54 Å². The largest absolute Gasteiger partial charge is 0.401 e. The fraction of sp³-hybridized carbons (Fsp3) is 0.900. The van der Waals surface area contributed by atoms with Crippen LogP contribution >= 0.6 is 0 Å². The molecule has 0 aliphatic heterocycles. The third-order valence-electron chi connectivity index (χ3n) is 2.26. The Morgan fingerprint density at radius 3 is 2.31 bits per heavy atom. The van der Waals surface area contributed by atoms with Crippen molar-refractivity contribution in [2.24, 2.45) is 0 Å². The highest BCUT2D eigenvalue weighted by molar-refractivity contribution is 5.03. The van der Waals surface area contributed by atoms with Crippen LogP contribution in [0, 0.1) is 11.3 Å². The first-order chi connectivity index (χ1) is 7.22. The third kappa shape index (κ3) is 6.64. The van der Waals surface area contributed by atoms with E-state index in [9.17, 15) is 13.2 Å². The molecule has 0 aromatic carbocycles. The summed E-state index contributed by atoms with van der Waals surface area (Å²) in [6.07, 6.45) is -3.82. The lowest BCUT2D eigenvalue weighted by Crippen LogP contribution is -2.44. The molecule has 0 fully saturated rings. The Labute approximate surface area is 94.2 Å². The van der Waals surface area contributed by atoms with Gasteiger partial charge in [-0.15, -0.1) is 0 Å². The second kappa shape index (κ2) is 6.06. The van der Waals surface area contributed by atoms with Crippen molar-refractivity contribution >= 4 is 0 Å². The zero-order valence-corrected chi connectivity index (χ0v) is 9.86. The van der Waals surface area contributed by atoms with Crippen LogP contribution in [0.1, 0.15) is 20.3 Å². The minimum atomic E-state index is -4.18. The first kappa shape index (κ1) is 15.2. The molecule has 0 spiro atoms. The summed E-state index contributed by atoms with van der Waals surface area (Å²) >= 11 is 0. The van der Waals surface area contributed by atoms with Gasteiger partial charge in [0.05, 0.1) is 12.6 Å². The molecule has 0 aliphatic rings. The van der Waals surface area contributed by atoms with Gasteiger partial charge >= 0.3 is 6.18 Å². The van der Waals surface area contributed by atoms with Gasteiger partial charge in [-0.2, -0.15) is 18.4 Å². The van der Waals surface area contributed by atoms with Gasteiger partial charge in [-0.1, -0.05) is 6.92 Å². The van der Waals surface area contributed by atoms with E-state index >= 15 is 0 Å². The molecule has 0 radical (unpaired) electrons. The highest BCUT2D eigenvalue weighted by Crippen LogP contribution is 2.16. The number of hydrogen-bond acceptors (Lipinski definition) is 3. The Balaban J connectivity index is 4.08. The fourth-order valence-electron chi connectivity index (χ4n) is 1.37. The molecule has 3 nitrogen and oxygen atoms in total. The maximum Gasteiger partial charge on any atom is 0.401 e. The van der Waals surface area contributed by atoms with Gasteiger partial charge in [0, 0.05) is 6.54 Å². The Morgan fingerprint density at radius 1 is 1.38 bits per heavy atom. The molecule has 1 atom stereocenters. The summed E-state index contributed by atoms with van der Waals surface area (Å²) in [5, 5.41) is 11.9. The van der Waals surface area contributed by atoms with Gasteiger partial charge in [0.15, 0.2) is 0 Å². The van der Waals surface area contributed by atoms with Gasteiger partial charge < -0.3 is 0 Å². The Hall–Kier alpha value is -0.800. The summed E-state index contributed by atoms with van der Waals surface area (Å²) in [5.74, 6) is 0. The van der Waals surface area contributed by atoms with Gasteiger partial charge in [0.2, 0.25) is 0 Å². The summed E-state index contributed by atoms with van der Waals surface area (Å²) < 4.78 is 36.1. The molecule has 0 saturated carbocycles. The third-order valence-corrected chi connectivity index (χ3v) is 2.26. The number of nitriles is 1. The molecule has 1 N–H and O–H groups in total. The topological polar surface area (TPSA) is 39.1 Å². The van der Waals surface area contributed by atoms with E-state index in [4.69, 9.17) is 5.26 Å². The van der Waals surface area contributed by atoms with E-state index in [2.05, 4.69) is 11.4 Å². The summed E-state index contributed by atoms with van der Waals surface area (Å²) in [4.78, 5) is 1.17. The van der Waals surface area contributed by atoms with E-state index in [-0.39, 0.29) is 6.54 Å². The predicted molar refractivity (Wildman–Crippen MR) is 55.9 cm³/mol. The monoisotopic (exact) mass is 237 g/mol. The minimum Gasteiger partial charge on any atom is -0.300 e. The van der Waals surface area contributed by atoms with Gasteiger partial charge in [-0.25, -0.2) is 0 Å². The Bertz CT molecular complexity index is 247. The molecule has 0 aromatic rings. The first-order valence-corrected chi connectivity index (χ1v) is 5.14. The van der Waals surface area contributed by atoms with E-state index in [1.165, 1.54) is 11.9 Å². The van der Waals surface area contributed by atoms with E-state index in [0.29, 0.717) is 13.0 Å². The van der Waals surface area contributed by atoms with Crippen LogP contribution in [0.2, 0.25) is 0 Å². The van der Waals surface area contributed by atoms with Crippen molar-refractivity contribution in [1.29, 1.82) is 5.26 Å². The number of rotatable bonds is 6.